The van der Waals surface area contributed by atoms with Crippen LogP contribution in [0.2, 0.25) is 0 Å². The number of halogens is 1. The molecule has 0 radical (unpaired) electrons. The summed E-state index contributed by atoms with van der Waals surface area (Å²) in [5, 5.41) is 15.5. The van der Waals surface area contributed by atoms with Crippen molar-refractivity contribution in [1.29, 1.82) is 0 Å². The van der Waals surface area contributed by atoms with Gasteiger partial charge in [-0.1, -0.05) is 12.1 Å². The van der Waals surface area contributed by atoms with Crippen LogP contribution in [0.5, 0.6) is 5.75 Å². The molecule has 1 aliphatic heterocycles. The molecule has 5 nitrogen and oxygen atoms in total. The van der Waals surface area contributed by atoms with Crippen LogP contribution in [0, 0.1) is 18.8 Å². The van der Waals surface area contributed by atoms with Crippen molar-refractivity contribution in [2.24, 2.45) is 11.8 Å². The van der Waals surface area contributed by atoms with E-state index < -0.39 is 0 Å². The van der Waals surface area contributed by atoms with Crippen molar-refractivity contribution in [1.82, 2.24) is 10.6 Å². The fourth-order valence-corrected chi connectivity index (χ4v) is 3.21. The molecule has 0 spiro atoms. The van der Waals surface area contributed by atoms with Crippen molar-refractivity contribution in [2.45, 2.75) is 33.1 Å². The lowest BCUT2D eigenvalue weighted by Crippen LogP contribution is -2.33. The minimum absolute atomic E-state index is 0. The first-order chi connectivity index (χ1) is 11.6. The summed E-state index contributed by atoms with van der Waals surface area (Å²) in [7, 11) is 0. The van der Waals surface area contributed by atoms with Gasteiger partial charge in [0.25, 0.3) is 0 Å². The molecule has 3 N–H and O–H groups in total. The highest BCUT2D eigenvalue weighted by atomic mass is 35.5. The van der Waals surface area contributed by atoms with Crippen LogP contribution >= 0.6 is 12.4 Å². The molecule has 1 aromatic rings. The fraction of sp³-hybridized carbons (Fsp3) is 0.632. The smallest absolute Gasteiger partial charge is 0.220 e. The predicted octanol–water partition coefficient (Wildman–Crippen LogP) is 2.08. The van der Waals surface area contributed by atoms with Crippen LogP contribution in [0.15, 0.2) is 18.2 Å². The second-order valence-corrected chi connectivity index (χ2v) is 6.55. The second-order valence-electron chi connectivity index (χ2n) is 6.55. The molecule has 1 aliphatic rings. The molecule has 6 heteroatoms. The van der Waals surface area contributed by atoms with E-state index in [9.17, 15) is 9.90 Å². The minimum Gasteiger partial charge on any atom is -0.494 e. The molecular weight excluding hydrogens is 340 g/mol. The van der Waals surface area contributed by atoms with Gasteiger partial charge < -0.3 is 20.5 Å². The van der Waals surface area contributed by atoms with Crippen LogP contribution in [0.3, 0.4) is 0 Å². The zero-order valence-corrected chi connectivity index (χ0v) is 16.0. The van der Waals surface area contributed by atoms with Crippen molar-refractivity contribution in [3.05, 3.63) is 29.3 Å². The highest BCUT2D eigenvalue weighted by Gasteiger charge is 2.26. The number of aliphatic hydroxyl groups excluding tert-OH is 1. The van der Waals surface area contributed by atoms with Gasteiger partial charge in [0.1, 0.15) is 5.75 Å². The first kappa shape index (κ1) is 21.7. The summed E-state index contributed by atoms with van der Waals surface area (Å²) in [4.78, 5) is 12.0. The number of aryl methyl sites for hydroxylation is 2. The predicted molar refractivity (Wildman–Crippen MR) is 102 cm³/mol. The van der Waals surface area contributed by atoms with E-state index in [4.69, 9.17) is 4.74 Å². The average Bonchev–Trinajstić information content (AvgIpc) is 3.03. The molecule has 1 saturated heterocycles. The van der Waals surface area contributed by atoms with Gasteiger partial charge in [0.2, 0.25) is 5.91 Å². The van der Waals surface area contributed by atoms with Crippen molar-refractivity contribution < 1.29 is 14.6 Å². The van der Waals surface area contributed by atoms with Crippen molar-refractivity contribution >= 4 is 18.3 Å². The Balaban J connectivity index is 0.00000312. The topological polar surface area (TPSA) is 70.6 Å². The highest BCUT2D eigenvalue weighted by Crippen LogP contribution is 2.20. The fourth-order valence-electron chi connectivity index (χ4n) is 3.21. The Bertz CT molecular complexity index is 539. The van der Waals surface area contributed by atoms with E-state index in [1.165, 1.54) is 5.56 Å². The Kier molecular flexibility index (Phi) is 9.86. The summed E-state index contributed by atoms with van der Waals surface area (Å²) in [6, 6.07) is 6.22. The zero-order valence-electron chi connectivity index (χ0n) is 15.2. The number of amides is 1. The lowest BCUT2D eigenvalue weighted by atomic mass is 9.97. The summed E-state index contributed by atoms with van der Waals surface area (Å²) in [5.74, 6) is 1.63. The van der Waals surface area contributed by atoms with Gasteiger partial charge in [-0.05, 0) is 49.8 Å². The Morgan fingerprint density at radius 3 is 2.80 bits per heavy atom. The maximum atomic E-state index is 12.0. The number of rotatable bonds is 9. The molecule has 25 heavy (non-hydrogen) atoms. The maximum Gasteiger partial charge on any atom is 0.220 e. The maximum absolute atomic E-state index is 12.0. The Hall–Kier alpha value is -1.30. The molecule has 2 atom stereocenters. The largest absolute Gasteiger partial charge is 0.494 e. The van der Waals surface area contributed by atoms with Crippen LogP contribution in [0.4, 0.5) is 0 Å². The van der Waals surface area contributed by atoms with Crippen LogP contribution in [-0.2, 0) is 11.2 Å². The van der Waals surface area contributed by atoms with Gasteiger partial charge in [-0.15, -0.1) is 12.4 Å². The molecule has 0 bridgehead atoms. The van der Waals surface area contributed by atoms with Gasteiger partial charge in [-0.3, -0.25) is 4.79 Å². The third-order valence-corrected chi connectivity index (χ3v) is 4.68. The van der Waals surface area contributed by atoms with Gasteiger partial charge in [0.15, 0.2) is 0 Å². The number of carbonyl (C=O) groups is 1. The van der Waals surface area contributed by atoms with Crippen LogP contribution in [0.1, 0.15) is 30.9 Å². The molecule has 1 heterocycles. The SMILES string of the molecule is CCOc1ccc(CCCC(=O)NC[C@H]2CNC[C@@H]2CO)cc1C.Cl. The molecular formula is C19H31ClN2O3. The molecule has 0 saturated carbocycles. The summed E-state index contributed by atoms with van der Waals surface area (Å²) < 4.78 is 5.55. The Morgan fingerprint density at radius 2 is 2.12 bits per heavy atom. The van der Waals surface area contributed by atoms with E-state index in [1.54, 1.807) is 0 Å². The lowest BCUT2D eigenvalue weighted by Gasteiger charge is -2.16. The number of aliphatic hydroxyl groups is 1. The molecule has 142 valence electrons. The molecule has 0 aromatic heterocycles. The normalized spacial score (nSPS) is 19.3. The number of nitrogens with one attached hydrogen (secondary N) is 2. The minimum atomic E-state index is 0. The number of carbonyl (C=O) groups excluding carboxylic acids is 1. The molecule has 1 fully saturated rings. The average molecular weight is 371 g/mol. The summed E-state index contributed by atoms with van der Waals surface area (Å²) in [6.07, 6.45) is 2.27. The standard InChI is InChI=1S/C19H30N2O3.ClH/c1-3-24-18-8-7-15(9-14(18)2)5-4-6-19(23)21-12-16-10-20-11-17(16)13-22;/h7-9,16-17,20,22H,3-6,10-13H2,1-2H3,(H,21,23);1H/t16-,17-;/m1./s1. The lowest BCUT2D eigenvalue weighted by molar-refractivity contribution is -0.121. The van der Waals surface area contributed by atoms with Crippen LogP contribution < -0.4 is 15.4 Å². The molecule has 1 aromatic carbocycles. The molecule has 0 aliphatic carbocycles. The van der Waals surface area contributed by atoms with Crippen LogP contribution in [0.25, 0.3) is 0 Å². The van der Waals surface area contributed by atoms with Crippen molar-refractivity contribution in [3.8, 4) is 5.75 Å². The van der Waals surface area contributed by atoms with Gasteiger partial charge in [0.05, 0.1) is 6.61 Å². The van der Waals surface area contributed by atoms with E-state index in [2.05, 4.69) is 29.7 Å². The zero-order chi connectivity index (χ0) is 17.4. The van der Waals surface area contributed by atoms with Crippen molar-refractivity contribution in [2.75, 3.05) is 32.8 Å². The van der Waals surface area contributed by atoms with Gasteiger partial charge in [0, 0.05) is 38.6 Å². The van der Waals surface area contributed by atoms with Crippen LogP contribution in [-0.4, -0.2) is 43.9 Å². The van der Waals surface area contributed by atoms with E-state index in [-0.39, 0.29) is 30.8 Å². The number of ether oxygens (including phenoxy) is 1. The second kappa shape index (κ2) is 11.3. The van der Waals surface area contributed by atoms with E-state index >= 15 is 0 Å². The third kappa shape index (κ3) is 6.84. The first-order valence-electron chi connectivity index (χ1n) is 8.94. The summed E-state index contributed by atoms with van der Waals surface area (Å²) >= 11 is 0. The molecule has 0 unspecified atom stereocenters. The van der Waals surface area contributed by atoms with Gasteiger partial charge in [-0.2, -0.15) is 0 Å². The summed E-state index contributed by atoms with van der Waals surface area (Å²) in [6.45, 7) is 7.26. The van der Waals surface area contributed by atoms with Gasteiger partial charge >= 0.3 is 0 Å². The van der Waals surface area contributed by atoms with E-state index in [1.807, 2.05) is 13.0 Å². The Morgan fingerprint density at radius 1 is 1.36 bits per heavy atom. The molecule has 1 amide bonds. The molecule has 2 rings (SSSR count). The monoisotopic (exact) mass is 370 g/mol. The van der Waals surface area contributed by atoms with Crippen molar-refractivity contribution in [3.63, 3.8) is 0 Å². The highest BCUT2D eigenvalue weighted by molar-refractivity contribution is 5.85. The van der Waals surface area contributed by atoms with E-state index in [0.717, 1.165) is 37.2 Å². The third-order valence-electron chi connectivity index (χ3n) is 4.68. The number of hydrogen-bond acceptors (Lipinski definition) is 4. The van der Waals surface area contributed by atoms with Gasteiger partial charge in [-0.25, -0.2) is 0 Å². The Labute approximate surface area is 156 Å². The number of benzene rings is 1. The number of hydrogen-bond donors (Lipinski definition) is 3. The first-order valence-corrected chi connectivity index (χ1v) is 8.94. The van der Waals surface area contributed by atoms with E-state index in [0.29, 0.717) is 25.5 Å². The summed E-state index contributed by atoms with van der Waals surface area (Å²) in [5.41, 5.74) is 2.38. The quantitative estimate of drug-likeness (QED) is 0.622.